The molecule has 0 spiro atoms. The van der Waals surface area contributed by atoms with Gasteiger partial charge >= 0.3 is 0 Å². The summed E-state index contributed by atoms with van der Waals surface area (Å²) in [6.45, 7) is 2.21. The molecule has 33 heavy (non-hydrogen) atoms. The maximum Gasteiger partial charge on any atom is 0.137 e. The van der Waals surface area contributed by atoms with E-state index in [1.165, 1.54) is 5.56 Å². The van der Waals surface area contributed by atoms with E-state index in [2.05, 4.69) is 37.3 Å². The summed E-state index contributed by atoms with van der Waals surface area (Å²) < 4.78 is 17.5. The number of nitrogens with one attached hydrogen (secondary N) is 1. The summed E-state index contributed by atoms with van der Waals surface area (Å²) in [5, 5.41) is 12.2. The number of halogens is 1. The standard InChI is InChI=1S/C24H27FN8/c1-31(2)21-8-26-6-5-19(21)20-12-33(30-29-20)11-18-10-32-9-17(3-4-22(32)28-18)7-27-16-23-13-24(25,14-23)15-23/h3-6,8-10,12,27H,7,11,13-16H2,1-2H3. The molecule has 4 aromatic heterocycles. The number of pyridine rings is 2. The normalized spacial score (nSPS) is 23.4. The summed E-state index contributed by atoms with van der Waals surface area (Å²) in [7, 11) is 3.97. The van der Waals surface area contributed by atoms with Crippen LogP contribution < -0.4 is 10.2 Å². The molecule has 170 valence electrons. The Morgan fingerprint density at radius 1 is 1.12 bits per heavy atom. The lowest BCUT2D eigenvalue weighted by molar-refractivity contribution is -0.209. The second-order valence-corrected chi connectivity index (χ2v) is 9.91. The Hall–Kier alpha value is -3.33. The number of alkyl halides is 1. The highest BCUT2D eigenvalue weighted by molar-refractivity contribution is 5.74. The number of imidazole rings is 1. The van der Waals surface area contributed by atoms with Gasteiger partial charge < -0.3 is 14.6 Å². The van der Waals surface area contributed by atoms with Gasteiger partial charge in [-0.15, -0.1) is 5.10 Å². The Morgan fingerprint density at radius 3 is 2.76 bits per heavy atom. The third kappa shape index (κ3) is 3.66. The van der Waals surface area contributed by atoms with E-state index >= 15 is 0 Å². The van der Waals surface area contributed by atoms with Gasteiger partial charge in [0.05, 0.1) is 30.3 Å². The predicted octanol–water partition coefficient (Wildman–Crippen LogP) is 3.08. The zero-order valence-corrected chi connectivity index (χ0v) is 18.9. The first-order valence-electron chi connectivity index (χ1n) is 11.3. The minimum absolute atomic E-state index is 0.223. The Bertz CT molecular complexity index is 1300. The second kappa shape index (κ2) is 7.34. The average molecular weight is 447 g/mol. The lowest BCUT2D eigenvalue weighted by atomic mass is 9.42. The fourth-order valence-electron chi connectivity index (χ4n) is 5.42. The number of nitrogens with zero attached hydrogens (tertiary/aromatic N) is 7. The highest BCUT2D eigenvalue weighted by atomic mass is 19.1. The van der Waals surface area contributed by atoms with Crippen LogP contribution in [0.25, 0.3) is 16.9 Å². The minimum Gasteiger partial charge on any atom is -0.376 e. The van der Waals surface area contributed by atoms with Crippen molar-refractivity contribution in [3.63, 3.8) is 0 Å². The molecule has 3 aliphatic rings. The van der Waals surface area contributed by atoms with E-state index in [1.807, 2.05) is 49.7 Å². The van der Waals surface area contributed by atoms with Gasteiger partial charge in [0.25, 0.3) is 0 Å². The first-order valence-corrected chi connectivity index (χ1v) is 11.3. The molecule has 0 saturated heterocycles. The zero-order chi connectivity index (χ0) is 22.6. The number of hydrogen-bond donors (Lipinski definition) is 1. The third-order valence-electron chi connectivity index (χ3n) is 6.89. The van der Waals surface area contributed by atoms with Crippen LogP contribution in [-0.2, 0) is 13.1 Å². The number of anilines is 1. The predicted molar refractivity (Wildman–Crippen MR) is 124 cm³/mol. The summed E-state index contributed by atoms with van der Waals surface area (Å²) in [5.41, 5.74) is 5.20. The molecule has 3 saturated carbocycles. The van der Waals surface area contributed by atoms with Gasteiger partial charge in [-0.05, 0) is 42.4 Å². The molecule has 0 amide bonds. The van der Waals surface area contributed by atoms with E-state index < -0.39 is 5.67 Å². The Labute approximate surface area is 191 Å². The fraction of sp³-hybridized carbons (Fsp3) is 0.417. The fourth-order valence-corrected chi connectivity index (χ4v) is 5.42. The lowest BCUT2D eigenvalue weighted by Crippen LogP contribution is -2.67. The molecule has 4 heterocycles. The summed E-state index contributed by atoms with van der Waals surface area (Å²) in [6, 6.07) is 6.08. The van der Waals surface area contributed by atoms with Crippen molar-refractivity contribution in [2.75, 3.05) is 25.5 Å². The van der Waals surface area contributed by atoms with E-state index in [-0.39, 0.29) is 5.41 Å². The molecule has 0 aromatic carbocycles. The zero-order valence-electron chi connectivity index (χ0n) is 18.9. The van der Waals surface area contributed by atoms with Crippen LogP contribution in [-0.4, -0.2) is 55.7 Å². The second-order valence-electron chi connectivity index (χ2n) is 9.91. The van der Waals surface area contributed by atoms with Crippen molar-refractivity contribution in [1.82, 2.24) is 34.7 Å². The molecule has 2 bridgehead atoms. The van der Waals surface area contributed by atoms with E-state index in [0.29, 0.717) is 6.54 Å². The van der Waals surface area contributed by atoms with Gasteiger partial charge in [0.2, 0.25) is 0 Å². The van der Waals surface area contributed by atoms with E-state index in [9.17, 15) is 4.39 Å². The molecule has 1 N–H and O–H groups in total. The molecule has 7 rings (SSSR count). The molecule has 8 nitrogen and oxygen atoms in total. The number of fused-ring (bicyclic) bond motifs is 1. The van der Waals surface area contributed by atoms with Crippen molar-refractivity contribution in [2.24, 2.45) is 5.41 Å². The van der Waals surface area contributed by atoms with Gasteiger partial charge in [0.1, 0.15) is 17.0 Å². The molecule has 3 aliphatic carbocycles. The third-order valence-corrected chi connectivity index (χ3v) is 6.89. The van der Waals surface area contributed by atoms with Crippen LogP contribution in [0.5, 0.6) is 0 Å². The van der Waals surface area contributed by atoms with Crippen LogP contribution in [0.4, 0.5) is 10.1 Å². The summed E-state index contributed by atoms with van der Waals surface area (Å²) in [4.78, 5) is 11.0. The molecule has 0 unspecified atom stereocenters. The summed E-state index contributed by atoms with van der Waals surface area (Å²) >= 11 is 0. The maximum absolute atomic E-state index is 13.7. The molecule has 4 aromatic rings. The first kappa shape index (κ1) is 20.3. The molecular weight excluding hydrogens is 419 g/mol. The number of hydrogen-bond acceptors (Lipinski definition) is 6. The molecule has 0 aliphatic heterocycles. The molecule has 0 atom stereocenters. The summed E-state index contributed by atoms with van der Waals surface area (Å²) in [6.07, 6.45) is 11.9. The SMILES string of the molecule is CN(C)c1cnccc1-c1cn(Cc2cn3cc(CNCC45CC(F)(C4)C5)ccc3n2)nn1. The lowest BCUT2D eigenvalue weighted by Gasteiger charge is -2.66. The van der Waals surface area contributed by atoms with E-state index in [1.54, 1.807) is 10.9 Å². The Morgan fingerprint density at radius 2 is 1.97 bits per heavy atom. The average Bonchev–Trinajstić information content (AvgIpc) is 3.38. The monoisotopic (exact) mass is 446 g/mol. The van der Waals surface area contributed by atoms with Gasteiger partial charge in [-0.1, -0.05) is 11.3 Å². The first-order chi connectivity index (χ1) is 15.9. The maximum atomic E-state index is 13.7. The summed E-state index contributed by atoms with van der Waals surface area (Å²) in [5.74, 6) is 0. The molecule has 3 fully saturated rings. The van der Waals surface area contributed by atoms with Gasteiger partial charge in [0.15, 0.2) is 0 Å². The van der Waals surface area contributed by atoms with Crippen LogP contribution in [0.15, 0.2) is 49.2 Å². The van der Waals surface area contributed by atoms with Crippen LogP contribution in [0.3, 0.4) is 0 Å². The van der Waals surface area contributed by atoms with E-state index in [4.69, 9.17) is 4.98 Å². The van der Waals surface area contributed by atoms with Crippen molar-refractivity contribution in [3.8, 4) is 11.3 Å². The van der Waals surface area contributed by atoms with Crippen LogP contribution in [0.2, 0.25) is 0 Å². The van der Waals surface area contributed by atoms with Crippen LogP contribution >= 0.6 is 0 Å². The largest absolute Gasteiger partial charge is 0.376 e. The number of aromatic nitrogens is 6. The molecular formula is C24H27FN8. The van der Waals surface area contributed by atoms with Crippen molar-refractivity contribution >= 4 is 11.3 Å². The quantitative estimate of drug-likeness (QED) is 0.448. The van der Waals surface area contributed by atoms with Gasteiger partial charge in [0, 0.05) is 51.3 Å². The van der Waals surface area contributed by atoms with Crippen molar-refractivity contribution in [3.05, 3.63) is 60.4 Å². The highest BCUT2D eigenvalue weighted by Crippen LogP contribution is 2.69. The highest BCUT2D eigenvalue weighted by Gasteiger charge is 2.68. The Balaban J connectivity index is 1.13. The van der Waals surface area contributed by atoms with Crippen molar-refractivity contribution in [1.29, 1.82) is 0 Å². The van der Waals surface area contributed by atoms with Gasteiger partial charge in [-0.3, -0.25) is 4.98 Å². The van der Waals surface area contributed by atoms with Crippen molar-refractivity contribution < 1.29 is 4.39 Å². The molecule has 9 heteroatoms. The topological polar surface area (TPSA) is 76.2 Å². The van der Waals surface area contributed by atoms with Crippen LogP contribution in [0.1, 0.15) is 30.5 Å². The smallest absolute Gasteiger partial charge is 0.137 e. The van der Waals surface area contributed by atoms with Crippen molar-refractivity contribution in [2.45, 2.75) is 38.0 Å². The number of rotatable bonds is 8. The van der Waals surface area contributed by atoms with E-state index in [0.717, 1.165) is 60.6 Å². The van der Waals surface area contributed by atoms with Crippen LogP contribution in [0, 0.1) is 5.41 Å². The Kier molecular flexibility index (Phi) is 4.52. The minimum atomic E-state index is -0.828. The molecule has 0 radical (unpaired) electrons. The van der Waals surface area contributed by atoms with Gasteiger partial charge in [-0.2, -0.15) is 0 Å². The van der Waals surface area contributed by atoms with Gasteiger partial charge in [-0.25, -0.2) is 14.1 Å².